The molecule has 21 heteroatoms. The molecule has 0 unspecified atom stereocenters. The number of hydrogen-bond donors (Lipinski definition) is 0. The van der Waals surface area contributed by atoms with Crippen molar-refractivity contribution in [2.75, 3.05) is 0 Å². The van der Waals surface area contributed by atoms with Gasteiger partial charge >= 0.3 is 70.4 Å². The molecule has 8 fully saturated rings. The van der Waals surface area contributed by atoms with Gasteiger partial charge < -0.3 is 54.1 Å². The first-order chi connectivity index (χ1) is 26.4. The fraction of sp³-hybridized carbons (Fsp3) is 1.00. The standard InChI is InChI=1S/C36H76O13Si8/c1-27(2)20-51-38-50(18-17-34-15-16-35-36(19-34)37-35)39-52(21-28(3)4)43-54(41-51,23-30(7)8)47-57(26-33(13)14)48-55(42-51,24-31(9)10)44-53(40-50,22-29(5)6)46-56(45-52,49-57)25-32(11)12/h27-36H,15-26H2,1-14H3/t34-,35-,36+,50?,51?,52?,53?,54?,55?,56?,57?/m0/s1. The molecule has 13 nitrogen and oxygen atoms in total. The van der Waals surface area contributed by atoms with E-state index >= 15 is 0 Å². The lowest BCUT2D eigenvalue weighted by Crippen LogP contribution is -2.88. The fourth-order valence-electron chi connectivity index (χ4n) is 10.0. The highest BCUT2D eigenvalue weighted by Crippen LogP contribution is 2.56. The van der Waals surface area contributed by atoms with E-state index in [-0.39, 0.29) is 41.4 Å². The molecule has 0 N–H and O–H groups in total. The summed E-state index contributed by atoms with van der Waals surface area (Å²) in [5, 5.41) is 0. The molecule has 330 valence electrons. The SMILES string of the molecule is CC(C)C[Si]12O[Si]3(CC[C@@H]4CC[C@@H]5O[C@@H]5C4)O[Si]4(CC(C)C)O[Si](CC(C)C)(O1)O[Si]1(CC(C)C)O[Si](CC(C)C)(O2)O[Si](CC(C)C)(O3)O[Si](CC(C)C)(O4)O1. The van der Waals surface area contributed by atoms with Crippen LogP contribution in [0.5, 0.6) is 0 Å². The van der Waals surface area contributed by atoms with Gasteiger partial charge in [-0.15, -0.1) is 0 Å². The average Bonchev–Trinajstić information content (AvgIpc) is 3.72. The molecule has 0 spiro atoms. The predicted molar refractivity (Wildman–Crippen MR) is 232 cm³/mol. The van der Waals surface area contributed by atoms with Gasteiger partial charge in [-0.2, -0.15) is 0 Å². The molecule has 8 bridgehead atoms. The minimum Gasteiger partial charge on any atom is -0.373 e. The number of ether oxygens (including phenoxy) is 1. The highest BCUT2D eigenvalue weighted by Gasteiger charge is 2.83. The second-order valence-corrected chi connectivity index (χ2v) is 45.4. The van der Waals surface area contributed by atoms with E-state index in [4.69, 9.17) is 54.1 Å². The maximum atomic E-state index is 7.93. The van der Waals surface area contributed by atoms with Crippen molar-refractivity contribution in [3.05, 3.63) is 0 Å². The Morgan fingerprint density at radius 2 is 0.579 bits per heavy atom. The topological polar surface area (TPSA) is 123 Å². The van der Waals surface area contributed by atoms with E-state index in [0.717, 1.165) is 25.7 Å². The minimum absolute atomic E-state index is 0.143. The van der Waals surface area contributed by atoms with Crippen LogP contribution < -0.4 is 0 Å². The molecule has 0 aromatic rings. The van der Waals surface area contributed by atoms with Crippen molar-refractivity contribution in [3.63, 3.8) is 0 Å². The van der Waals surface area contributed by atoms with E-state index in [1.165, 1.54) is 0 Å². The van der Waals surface area contributed by atoms with Crippen LogP contribution in [0.2, 0.25) is 48.4 Å². The van der Waals surface area contributed by atoms with Crippen LogP contribution >= 0.6 is 0 Å². The van der Waals surface area contributed by atoms with Gasteiger partial charge in [0.05, 0.1) is 12.2 Å². The van der Waals surface area contributed by atoms with Gasteiger partial charge in [0.2, 0.25) is 0 Å². The van der Waals surface area contributed by atoms with E-state index in [1.54, 1.807) is 0 Å². The molecule has 0 aromatic carbocycles. The summed E-state index contributed by atoms with van der Waals surface area (Å²) in [5.41, 5.74) is 0. The van der Waals surface area contributed by atoms with Crippen molar-refractivity contribution in [3.8, 4) is 0 Å². The fourth-order valence-corrected chi connectivity index (χ4v) is 61.7. The lowest BCUT2D eigenvalue weighted by molar-refractivity contribution is -0.0343. The summed E-state index contributed by atoms with van der Waals surface area (Å²) >= 11 is 0. The zero-order chi connectivity index (χ0) is 41.5. The molecule has 0 aromatic heterocycles. The summed E-state index contributed by atoms with van der Waals surface area (Å²) in [6, 6.07) is 4.14. The largest absolute Gasteiger partial charge is 0.479 e. The smallest absolute Gasteiger partial charge is 0.373 e. The molecule has 8 aliphatic rings. The first kappa shape index (κ1) is 46.2. The van der Waals surface area contributed by atoms with Crippen molar-refractivity contribution < 1.29 is 54.1 Å². The van der Waals surface area contributed by atoms with E-state index in [9.17, 15) is 0 Å². The highest BCUT2D eigenvalue weighted by molar-refractivity contribution is 7.03. The van der Waals surface area contributed by atoms with Crippen molar-refractivity contribution >= 4 is 70.4 Å². The van der Waals surface area contributed by atoms with Gasteiger partial charge in [0, 0.05) is 48.4 Å². The molecule has 57 heavy (non-hydrogen) atoms. The van der Waals surface area contributed by atoms with Crippen molar-refractivity contribution in [2.45, 2.75) is 183 Å². The summed E-state index contributed by atoms with van der Waals surface area (Å²) < 4.78 is 100. The molecular weight excluding hydrogens is 865 g/mol. The Morgan fingerprint density at radius 1 is 0.333 bits per heavy atom. The quantitative estimate of drug-likeness (QED) is 0.102. The Kier molecular flexibility index (Phi) is 13.5. The van der Waals surface area contributed by atoms with Crippen LogP contribution in [-0.4, -0.2) is 82.6 Å². The Morgan fingerprint density at radius 3 is 0.807 bits per heavy atom. The summed E-state index contributed by atoms with van der Waals surface area (Å²) in [5.74, 6) is 1.45. The second kappa shape index (κ2) is 16.6. The van der Waals surface area contributed by atoms with E-state index in [0.29, 0.717) is 66.5 Å². The molecule has 0 radical (unpaired) electrons. The molecule has 8 rings (SSSR count). The summed E-state index contributed by atoms with van der Waals surface area (Å²) in [4.78, 5) is 0. The van der Waals surface area contributed by atoms with Crippen molar-refractivity contribution in [1.82, 2.24) is 0 Å². The Labute approximate surface area is 353 Å². The third kappa shape index (κ3) is 10.4. The van der Waals surface area contributed by atoms with Crippen LogP contribution in [0, 0.1) is 47.3 Å². The van der Waals surface area contributed by atoms with E-state index in [2.05, 4.69) is 96.9 Å². The van der Waals surface area contributed by atoms with Gasteiger partial charge in [-0.25, -0.2) is 0 Å². The summed E-state index contributed by atoms with van der Waals surface area (Å²) in [6.45, 7) is 30.7. The van der Waals surface area contributed by atoms with Crippen molar-refractivity contribution in [2.24, 2.45) is 47.3 Å². The number of rotatable bonds is 17. The third-order valence-electron chi connectivity index (χ3n) is 11.3. The third-order valence-corrected chi connectivity index (χ3v) is 51.3. The van der Waals surface area contributed by atoms with Gasteiger partial charge in [-0.1, -0.05) is 96.9 Å². The van der Waals surface area contributed by atoms with E-state index < -0.39 is 70.4 Å². The molecule has 0 amide bonds. The maximum Gasteiger partial charge on any atom is 0.479 e. The molecule has 3 atom stereocenters. The van der Waals surface area contributed by atoms with Crippen LogP contribution in [0.1, 0.15) is 123 Å². The summed E-state index contributed by atoms with van der Waals surface area (Å²) in [7, 11) is -31.2. The van der Waals surface area contributed by atoms with Gasteiger partial charge in [-0.05, 0) is 73.0 Å². The number of epoxide rings is 1. The lowest BCUT2D eigenvalue weighted by Gasteiger charge is -2.64. The normalized spacial score (nSPS) is 45.3. The van der Waals surface area contributed by atoms with Crippen LogP contribution in [0.3, 0.4) is 0 Å². The number of hydrogen-bond acceptors (Lipinski definition) is 13. The predicted octanol–water partition coefficient (Wildman–Crippen LogP) is 9.31. The van der Waals surface area contributed by atoms with E-state index in [1.807, 2.05) is 0 Å². The molecule has 7 aliphatic heterocycles. The molecule has 7 saturated heterocycles. The van der Waals surface area contributed by atoms with Crippen LogP contribution in [0.4, 0.5) is 0 Å². The Bertz CT molecular complexity index is 1270. The first-order valence-electron chi connectivity index (χ1n) is 22.5. The highest BCUT2D eigenvalue weighted by atomic mass is 28.6. The van der Waals surface area contributed by atoms with Crippen LogP contribution in [0.15, 0.2) is 0 Å². The zero-order valence-electron chi connectivity index (χ0n) is 37.6. The van der Waals surface area contributed by atoms with Gasteiger partial charge in [0.25, 0.3) is 0 Å². The monoisotopic (exact) mass is 940 g/mol. The summed E-state index contributed by atoms with van der Waals surface area (Å²) in [6.07, 6.45) is 4.86. The average molecular weight is 942 g/mol. The lowest BCUT2D eigenvalue weighted by atomic mass is 9.88. The number of fused-ring (bicyclic) bond motifs is 1. The van der Waals surface area contributed by atoms with Crippen molar-refractivity contribution in [1.29, 1.82) is 0 Å². The van der Waals surface area contributed by atoms with Crippen LogP contribution in [0.25, 0.3) is 0 Å². The van der Waals surface area contributed by atoms with Gasteiger partial charge in [-0.3, -0.25) is 0 Å². The van der Waals surface area contributed by atoms with Crippen LogP contribution in [-0.2, 0) is 54.1 Å². The minimum atomic E-state index is -3.92. The Balaban J connectivity index is 1.53. The molecular formula is C36H76O13Si8. The molecule has 7 heterocycles. The second-order valence-electron chi connectivity index (χ2n) is 21.3. The zero-order valence-corrected chi connectivity index (χ0v) is 45.6. The molecule has 1 saturated carbocycles. The maximum absolute atomic E-state index is 7.93. The first-order valence-corrected chi connectivity index (χ1v) is 38.0. The molecule has 1 aliphatic carbocycles. The van der Waals surface area contributed by atoms with Gasteiger partial charge in [0.15, 0.2) is 0 Å². The Hall–Kier alpha value is 1.22. The van der Waals surface area contributed by atoms with Gasteiger partial charge in [0.1, 0.15) is 0 Å².